The molecular weight excluding hydrogens is 528 g/mol. The number of amides is 1. The molecule has 1 aliphatic rings. The van der Waals surface area contributed by atoms with E-state index < -0.39 is 5.78 Å². The van der Waals surface area contributed by atoms with Gasteiger partial charge in [-0.2, -0.15) is 0 Å². The Morgan fingerprint density at radius 3 is 2.10 bits per heavy atom. The summed E-state index contributed by atoms with van der Waals surface area (Å²) >= 11 is 7.01. The van der Waals surface area contributed by atoms with E-state index in [9.17, 15) is 19.5 Å². The maximum absolute atomic E-state index is 13.2. The lowest BCUT2D eigenvalue weighted by Gasteiger charge is -2.22. The number of phenolic OH excluding ortho intramolecular Hbond substituents is 1. The molecule has 0 bridgehead atoms. The number of carbonyl (C=O) groups is 3. The summed E-state index contributed by atoms with van der Waals surface area (Å²) in [5.74, 6) is -1.10. The van der Waals surface area contributed by atoms with E-state index in [1.807, 2.05) is 0 Å². The van der Waals surface area contributed by atoms with Crippen molar-refractivity contribution in [2.75, 3.05) is 12.4 Å². The van der Waals surface area contributed by atoms with Gasteiger partial charge in [0.25, 0.3) is 0 Å². The van der Waals surface area contributed by atoms with E-state index in [0.717, 1.165) is 5.56 Å². The third kappa shape index (κ3) is 3.77. The Balaban J connectivity index is 1.79. The van der Waals surface area contributed by atoms with Crippen molar-refractivity contribution in [2.24, 2.45) is 0 Å². The second-order valence-corrected chi connectivity index (χ2v) is 8.70. The molecule has 0 saturated heterocycles. The average Bonchev–Trinajstić information content (AvgIpc) is 2.75. The van der Waals surface area contributed by atoms with Crippen molar-refractivity contribution in [3.8, 4) is 5.75 Å². The van der Waals surface area contributed by atoms with Gasteiger partial charge in [-0.05, 0) is 61.7 Å². The Morgan fingerprint density at radius 2 is 1.52 bits per heavy atom. The fraction of sp³-hybridized carbons (Fsp3) is 0.0870. The summed E-state index contributed by atoms with van der Waals surface area (Å²) in [4.78, 5) is 37.9. The molecule has 0 spiro atoms. The van der Waals surface area contributed by atoms with Crippen LogP contribution in [-0.4, -0.2) is 29.6 Å². The summed E-state index contributed by atoms with van der Waals surface area (Å²) in [5.41, 5.74) is 2.47. The van der Waals surface area contributed by atoms with Gasteiger partial charge in [0, 0.05) is 27.1 Å². The Hall–Kier alpha value is -2.97. The number of benzene rings is 3. The first-order valence-corrected chi connectivity index (χ1v) is 10.9. The third-order valence-electron chi connectivity index (χ3n) is 5.06. The molecule has 0 radical (unpaired) electrons. The predicted octanol–water partition coefficient (Wildman–Crippen LogP) is 4.72. The summed E-state index contributed by atoms with van der Waals surface area (Å²) < 4.78 is 1.33. The molecule has 0 atom stereocenters. The van der Waals surface area contributed by atoms with Gasteiger partial charge in [0.05, 0.1) is 28.9 Å². The van der Waals surface area contributed by atoms with E-state index in [1.165, 1.54) is 6.07 Å². The maximum Gasteiger partial charge on any atom is 0.224 e. The molecule has 3 aromatic carbocycles. The molecule has 8 heteroatoms. The number of halogens is 2. The fourth-order valence-electron chi connectivity index (χ4n) is 3.57. The maximum atomic E-state index is 13.2. The highest BCUT2D eigenvalue weighted by Gasteiger charge is 2.34. The summed E-state index contributed by atoms with van der Waals surface area (Å²) in [5, 5.41) is 16.1. The number of fused-ring (bicyclic) bond motifs is 2. The van der Waals surface area contributed by atoms with E-state index in [2.05, 4.69) is 42.5 Å². The molecule has 0 heterocycles. The molecule has 1 aliphatic carbocycles. The summed E-state index contributed by atoms with van der Waals surface area (Å²) in [7, 11) is 1.58. The fourth-order valence-corrected chi connectivity index (χ4v) is 5.05. The van der Waals surface area contributed by atoms with Crippen LogP contribution in [0.15, 0.2) is 57.5 Å². The van der Waals surface area contributed by atoms with Crippen molar-refractivity contribution in [1.29, 1.82) is 0 Å². The van der Waals surface area contributed by atoms with Crippen LogP contribution in [-0.2, 0) is 11.2 Å². The molecule has 3 N–H and O–H groups in total. The van der Waals surface area contributed by atoms with Crippen LogP contribution >= 0.6 is 31.9 Å². The minimum absolute atomic E-state index is 0.0165. The van der Waals surface area contributed by atoms with Crippen LogP contribution in [0.2, 0.25) is 0 Å². The van der Waals surface area contributed by atoms with Crippen LogP contribution in [0.4, 0.5) is 11.4 Å². The first-order chi connectivity index (χ1) is 14.8. The number of ketones is 2. The Morgan fingerprint density at radius 1 is 0.935 bits per heavy atom. The zero-order valence-electron chi connectivity index (χ0n) is 16.3. The summed E-state index contributed by atoms with van der Waals surface area (Å²) in [6.45, 7) is 0. The highest BCUT2D eigenvalue weighted by molar-refractivity contribution is 9.11. The van der Waals surface area contributed by atoms with Gasteiger partial charge in [0.1, 0.15) is 5.75 Å². The van der Waals surface area contributed by atoms with Crippen molar-refractivity contribution in [3.05, 3.63) is 85.3 Å². The van der Waals surface area contributed by atoms with Gasteiger partial charge in [0.15, 0.2) is 11.6 Å². The van der Waals surface area contributed by atoms with Crippen molar-refractivity contribution in [2.45, 2.75) is 6.42 Å². The molecule has 1 amide bonds. The lowest BCUT2D eigenvalue weighted by atomic mass is 9.82. The van der Waals surface area contributed by atoms with Crippen LogP contribution in [0.3, 0.4) is 0 Å². The molecule has 6 nitrogen and oxygen atoms in total. The molecule has 156 valence electrons. The Kier molecular flexibility index (Phi) is 5.68. The predicted molar refractivity (Wildman–Crippen MR) is 124 cm³/mol. The second-order valence-electron chi connectivity index (χ2n) is 7.00. The third-order valence-corrected chi connectivity index (χ3v) is 6.31. The summed E-state index contributed by atoms with van der Waals surface area (Å²) in [6.07, 6.45) is 0.215. The topological polar surface area (TPSA) is 95.5 Å². The van der Waals surface area contributed by atoms with Crippen LogP contribution in [0.1, 0.15) is 37.4 Å². The van der Waals surface area contributed by atoms with Gasteiger partial charge < -0.3 is 15.7 Å². The number of aromatic hydroxyl groups is 1. The SMILES string of the molecule is CNC(=O)Cc1cc(Br)c(Nc2ccc(O)c3c2C(=O)c2ccccc2C3=O)c(Br)c1. The Bertz CT molecular complexity index is 1250. The van der Waals surface area contributed by atoms with E-state index in [-0.39, 0.29) is 40.6 Å². The zero-order chi connectivity index (χ0) is 22.3. The van der Waals surface area contributed by atoms with E-state index in [4.69, 9.17) is 0 Å². The normalized spacial score (nSPS) is 12.2. The molecule has 31 heavy (non-hydrogen) atoms. The molecule has 0 aliphatic heterocycles. The number of likely N-dealkylation sites (N-methyl/N-ethyl adjacent to an activating group) is 1. The van der Waals surface area contributed by atoms with Crippen LogP contribution in [0.5, 0.6) is 5.75 Å². The van der Waals surface area contributed by atoms with Crippen molar-refractivity contribution < 1.29 is 19.5 Å². The van der Waals surface area contributed by atoms with E-state index in [0.29, 0.717) is 25.9 Å². The molecule has 0 unspecified atom stereocenters. The molecule has 4 rings (SSSR count). The number of rotatable bonds is 4. The quantitative estimate of drug-likeness (QED) is 0.324. The number of phenols is 1. The van der Waals surface area contributed by atoms with Gasteiger partial charge >= 0.3 is 0 Å². The zero-order valence-corrected chi connectivity index (χ0v) is 19.4. The summed E-state index contributed by atoms with van der Waals surface area (Å²) in [6, 6.07) is 13.1. The van der Waals surface area contributed by atoms with Crippen molar-refractivity contribution in [3.63, 3.8) is 0 Å². The number of nitrogens with one attached hydrogen (secondary N) is 2. The highest BCUT2D eigenvalue weighted by Crippen LogP contribution is 2.41. The number of hydrogen-bond acceptors (Lipinski definition) is 5. The van der Waals surface area contributed by atoms with Crippen LogP contribution in [0, 0.1) is 0 Å². The number of anilines is 2. The molecule has 3 aromatic rings. The molecular formula is C23H16Br2N2O4. The van der Waals surface area contributed by atoms with Gasteiger partial charge in [-0.15, -0.1) is 0 Å². The number of carbonyl (C=O) groups excluding carboxylic acids is 3. The largest absolute Gasteiger partial charge is 0.507 e. The number of hydrogen-bond donors (Lipinski definition) is 3. The molecule has 0 aromatic heterocycles. The molecule has 0 saturated carbocycles. The van der Waals surface area contributed by atoms with Gasteiger partial charge in [-0.25, -0.2) is 0 Å². The van der Waals surface area contributed by atoms with Crippen LogP contribution in [0.25, 0.3) is 0 Å². The average molecular weight is 544 g/mol. The highest BCUT2D eigenvalue weighted by atomic mass is 79.9. The Labute approximate surface area is 194 Å². The second kappa shape index (κ2) is 8.28. The first kappa shape index (κ1) is 21.3. The minimum atomic E-state index is -0.398. The lowest BCUT2D eigenvalue weighted by Crippen LogP contribution is -2.22. The lowest BCUT2D eigenvalue weighted by molar-refractivity contribution is -0.119. The van der Waals surface area contributed by atoms with Gasteiger partial charge in [-0.3, -0.25) is 14.4 Å². The van der Waals surface area contributed by atoms with Crippen LogP contribution < -0.4 is 10.6 Å². The van der Waals surface area contributed by atoms with E-state index >= 15 is 0 Å². The standard InChI is InChI=1S/C23H16Br2N2O4/c1-26-18(29)10-11-8-14(24)21(15(25)9-11)27-16-6-7-17(28)20-19(16)22(30)12-4-2-3-5-13(12)23(20)31/h2-9,27-28H,10H2,1H3,(H,26,29). The van der Waals surface area contributed by atoms with Gasteiger partial charge in [-0.1, -0.05) is 24.3 Å². The monoisotopic (exact) mass is 542 g/mol. The van der Waals surface area contributed by atoms with E-state index in [1.54, 1.807) is 49.5 Å². The molecule has 0 fully saturated rings. The smallest absolute Gasteiger partial charge is 0.224 e. The van der Waals surface area contributed by atoms with Crippen molar-refractivity contribution >= 4 is 60.7 Å². The van der Waals surface area contributed by atoms with Crippen molar-refractivity contribution in [1.82, 2.24) is 5.32 Å². The first-order valence-electron chi connectivity index (χ1n) is 9.31. The van der Waals surface area contributed by atoms with Gasteiger partial charge in [0.2, 0.25) is 5.91 Å². The minimum Gasteiger partial charge on any atom is -0.507 e.